The predicted molar refractivity (Wildman–Crippen MR) is 38.8 cm³/mol. The van der Waals surface area contributed by atoms with E-state index in [-0.39, 0.29) is 11.9 Å². The molecule has 0 amide bonds. The Morgan fingerprint density at radius 2 is 2.36 bits per heavy atom. The molecule has 0 aromatic heterocycles. The zero-order chi connectivity index (χ0) is 7.84. The van der Waals surface area contributed by atoms with Crippen molar-refractivity contribution in [1.29, 1.82) is 0 Å². The Kier molecular flexibility index (Phi) is 1.32. The molecule has 0 saturated carbocycles. The lowest BCUT2D eigenvalue weighted by molar-refractivity contribution is 0.333. The average Bonchev–Trinajstić information content (AvgIpc) is 2.33. The van der Waals surface area contributed by atoms with E-state index in [0.29, 0.717) is 12.4 Å². The molecule has 0 spiro atoms. The van der Waals surface area contributed by atoms with E-state index < -0.39 is 0 Å². The van der Waals surface area contributed by atoms with Gasteiger partial charge in [-0.05, 0) is 18.2 Å². The Labute approximate surface area is 63.8 Å². The fraction of sp³-hybridized carbons (Fsp3) is 0.250. The second kappa shape index (κ2) is 2.20. The van der Waals surface area contributed by atoms with E-state index in [2.05, 4.69) is 0 Å². The normalized spacial score (nSPS) is 21.1. The molecule has 2 rings (SSSR count). The first-order chi connectivity index (χ1) is 5.27. The molecule has 0 fully saturated rings. The van der Waals surface area contributed by atoms with Crippen molar-refractivity contribution in [3.63, 3.8) is 0 Å². The summed E-state index contributed by atoms with van der Waals surface area (Å²) in [6, 6.07) is 4.24. The van der Waals surface area contributed by atoms with E-state index in [0.717, 1.165) is 5.56 Å². The van der Waals surface area contributed by atoms with Gasteiger partial charge in [0.1, 0.15) is 18.2 Å². The molecule has 0 bridgehead atoms. The third kappa shape index (κ3) is 0.973. The number of hydrogen-bond donors (Lipinski definition) is 1. The van der Waals surface area contributed by atoms with Crippen molar-refractivity contribution >= 4 is 0 Å². The number of nitrogens with two attached hydrogens (primary N) is 1. The molecule has 1 atom stereocenters. The predicted octanol–water partition coefficient (Wildman–Crippen LogP) is 1.22. The van der Waals surface area contributed by atoms with Crippen LogP contribution in [0.1, 0.15) is 11.6 Å². The van der Waals surface area contributed by atoms with Crippen molar-refractivity contribution in [3.05, 3.63) is 29.6 Å². The highest BCUT2D eigenvalue weighted by Gasteiger charge is 2.20. The van der Waals surface area contributed by atoms with Gasteiger partial charge in [0, 0.05) is 5.56 Å². The molecule has 1 heterocycles. The van der Waals surface area contributed by atoms with E-state index in [1.807, 2.05) is 0 Å². The summed E-state index contributed by atoms with van der Waals surface area (Å²) in [7, 11) is 0. The van der Waals surface area contributed by atoms with E-state index in [9.17, 15) is 4.39 Å². The van der Waals surface area contributed by atoms with Crippen LogP contribution in [0.3, 0.4) is 0 Å². The molecular weight excluding hydrogens is 145 g/mol. The largest absolute Gasteiger partial charge is 0.491 e. The Morgan fingerprint density at radius 3 is 3.18 bits per heavy atom. The third-order valence-corrected chi connectivity index (χ3v) is 1.79. The Balaban J connectivity index is 2.52. The van der Waals surface area contributed by atoms with Gasteiger partial charge in [0.05, 0.1) is 6.04 Å². The molecule has 1 unspecified atom stereocenters. The zero-order valence-corrected chi connectivity index (χ0v) is 5.88. The maximum atomic E-state index is 12.6. The summed E-state index contributed by atoms with van der Waals surface area (Å²) in [4.78, 5) is 0. The SMILES string of the molecule is NC1COc2ccc(F)cc21. The minimum absolute atomic E-state index is 0.166. The Morgan fingerprint density at radius 1 is 1.55 bits per heavy atom. The highest BCUT2D eigenvalue weighted by molar-refractivity contribution is 5.39. The van der Waals surface area contributed by atoms with E-state index in [4.69, 9.17) is 10.5 Å². The topological polar surface area (TPSA) is 35.2 Å². The second-order valence-corrected chi connectivity index (χ2v) is 2.60. The van der Waals surface area contributed by atoms with Crippen LogP contribution in [0.5, 0.6) is 5.75 Å². The number of rotatable bonds is 0. The van der Waals surface area contributed by atoms with Gasteiger partial charge in [-0.2, -0.15) is 0 Å². The van der Waals surface area contributed by atoms with E-state index in [1.165, 1.54) is 12.1 Å². The van der Waals surface area contributed by atoms with Gasteiger partial charge >= 0.3 is 0 Å². The van der Waals surface area contributed by atoms with Gasteiger partial charge in [0.2, 0.25) is 0 Å². The first-order valence-corrected chi connectivity index (χ1v) is 3.45. The van der Waals surface area contributed by atoms with Crippen LogP contribution in [0.25, 0.3) is 0 Å². The maximum absolute atomic E-state index is 12.6. The first-order valence-electron chi connectivity index (χ1n) is 3.45. The smallest absolute Gasteiger partial charge is 0.124 e. The van der Waals surface area contributed by atoms with Gasteiger partial charge in [-0.3, -0.25) is 0 Å². The van der Waals surface area contributed by atoms with Crippen LogP contribution in [0.4, 0.5) is 4.39 Å². The standard InChI is InChI=1S/C8H8FNO/c9-5-1-2-8-6(3-5)7(10)4-11-8/h1-3,7H,4,10H2. The molecule has 2 N–H and O–H groups in total. The lowest BCUT2D eigenvalue weighted by atomic mass is 10.1. The average molecular weight is 153 g/mol. The summed E-state index contributed by atoms with van der Waals surface area (Å²) in [6.07, 6.45) is 0. The fourth-order valence-electron chi connectivity index (χ4n) is 1.21. The zero-order valence-electron chi connectivity index (χ0n) is 5.88. The van der Waals surface area contributed by atoms with Crippen molar-refractivity contribution in [1.82, 2.24) is 0 Å². The lowest BCUT2D eigenvalue weighted by Gasteiger charge is -1.98. The number of ether oxygens (including phenoxy) is 1. The monoisotopic (exact) mass is 153 g/mol. The molecule has 11 heavy (non-hydrogen) atoms. The van der Waals surface area contributed by atoms with Gasteiger partial charge < -0.3 is 10.5 Å². The molecule has 2 nitrogen and oxygen atoms in total. The van der Waals surface area contributed by atoms with Crippen LogP contribution in [0, 0.1) is 5.82 Å². The molecule has 3 heteroatoms. The van der Waals surface area contributed by atoms with Crippen molar-refractivity contribution < 1.29 is 9.13 Å². The van der Waals surface area contributed by atoms with Crippen LogP contribution in [0.2, 0.25) is 0 Å². The van der Waals surface area contributed by atoms with Gasteiger partial charge in [-0.25, -0.2) is 4.39 Å². The Bertz CT molecular complexity index is 287. The summed E-state index contributed by atoms with van der Waals surface area (Å²) in [5.41, 5.74) is 6.39. The second-order valence-electron chi connectivity index (χ2n) is 2.60. The number of benzene rings is 1. The molecule has 0 aliphatic carbocycles. The van der Waals surface area contributed by atoms with Crippen molar-refractivity contribution in [3.8, 4) is 5.75 Å². The summed E-state index contributed by atoms with van der Waals surface area (Å²) in [6.45, 7) is 0.457. The molecule has 1 aromatic rings. The Hall–Kier alpha value is -1.09. The lowest BCUT2D eigenvalue weighted by Crippen LogP contribution is -2.10. The molecule has 1 aromatic carbocycles. The van der Waals surface area contributed by atoms with Crippen LogP contribution in [-0.4, -0.2) is 6.61 Å². The van der Waals surface area contributed by atoms with Gasteiger partial charge in [0.25, 0.3) is 0 Å². The molecular formula is C8H8FNO. The number of halogens is 1. The number of fused-ring (bicyclic) bond motifs is 1. The molecule has 0 saturated heterocycles. The van der Waals surface area contributed by atoms with Crippen LogP contribution >= 0.6 is 0 Å². The maximum Gasteiger partial charge on any atom is 0.124 e. The van der Waals surface area contributed by atoms with Gasteiger partial charge in [-0.15, -0.1) is 0 Å². The third-order valence-electron chi connectivity index (χ3n) is 1.79. The minimum atomic E-state index is -0.260. The summed E-state index contributed by atoms with van der Waals surface area (Å²) in [5.74, 6) is 0.448. The van der Waals surface area contributed by atoms with Crippen molar-refractivity contribution in [2.45, 2.75) is 6.04 Å². The minimum Gasteiger partial charge on any atom is -0.491 e. The fourth-order valence-corrected chi connectivity index (χ4v) is 1.21. The van der Waals surface area contributed by atoms with Crippen LogP contribution < -0.4 is 10.5 Å². The molecule has 1 aliphatic rings. The summed E-state index contributed by atoms with van der Waals surface area (Å²) >= 11 is 0. The first kappa shape index (κ1) is 6.61. The van der Waals surface area contributed by atoms with E-state index >= 15 is 0 Å². The van der Waals surface area contributed by atoms with Gasteiger partial charge in [0.15, 0.2) is 0 Å². The summed E-state index contributed by atoms with van der Waals surface area (Å²) < 4.78 is 17.8. The van der Waals surface area contributed by atoms with Gasteiger partial charge in [-0.1, -0.05) is 0 Å². The molecule has 58 valence electrons. The highest BCUT2D eigenvalue weighted by atomic mass is 19.1. The van der Waals surface area contributed by atoms with E-state index in [1.54, 1.807) is 6.07 Å². The molecule has 1 aliphatic heterocycles. The quantitative estimate of drug-likeness (QED) is 0.608. The van der Waals surface area contributed by atoms with Crippen LogP contribution in [-0.2, 0) is 0 Å². The highest BCUT2D eigenvalue weighted by Crippen LogP contribution is 2.30. The summed E-state index contributed by atoms with van der Waals surface area (Å²) in [5, 5.41) is 0. The number of hydrogen-bond acceptors (Lipinski definition) is 2. The van der Waals surface area contributed by atoms with Crippen molar-refractivity contribution in [2.24, 2.45) is 5.73 Å². The van der Waals surface area contributed by atoms with Crippen LogP contribution in [0.15, 0.2) is 18.2 Å². The van der Waals surface area contributed by atoms with Crippen molar-refractivity contribution in [2.75, 3.05) is 6.61 Å². The molecule has 0 radical (unpaired) electrons.